The number of carbonyl (C=O) groups is 1. The molecular weight excluding hydrogens is 268 g/mol. The zero-order valence-electron chi connectivity index (χ0n) is 10.3. The van der Waals surface area contributed by atoms with Crippen LogP contribution in [0, 0.1) is 6.92 Å². The zero-order valence-corrected chi connectivity index (χ0v) is 11.1. The Morgan fingerprint density at radius 1 is 1.32 bits per heavy atom. The van der Waals surface area contributed by atoms with Crippen molar-refractivity contribution in [2.24, 2.45) is 0 Å². The summed E-state index contributed by atoms with van der Waals surface area (Å²) in [6, 6.07) is 3.16. The van der Waals surface area contributed by atoms with Gasteiger partial charge >= 0.3 is 0 Å². The Bertz CT molecular complexity index is 618. The summed E-state index contributed by atoms with van der Waals surface area (Å²) in [7, 11) is 1.45. The summed E-state index contributed by atoms with van der Waals surface area (Å²) in [6.45, 7) is 1.85. The minimum absolute atomic E-state index is 0.0795. The van der Waals surface area contributed by atoms with Crippen LogP contribution in [0.5, 0.6) is 5.88 Å². The van der Waals surface area contributed by atoms with Gasteiger partial charge in [-0.3, -0.25) is 15.1 Å². The quantitative estimate of drug-likeness (QED) is 0.870. The van der Waals surface area contributed by atoms with Crippen molar-refractivity contribution in [2.45, 2.75) is 6.92 Å². The Morgan fingerprint density at radius 3 is 2.79 bits per heavy atom. The minimum atomic E-state index is -0.361. The predicted molar refractivity (Wildman–Crippen MR) is 70.5 cm³/mol. The number of ether oxygens (including phenoxy) is 1. The molecule has 2 heterocycles. The molecule has 0 bridgehead atoms. The van der Waals surface area contributed by atoms with Crippen LogP contribution in [0.15, 0.2) is 24.5 Å². The Morgan fingerprint density at radius 2 is 2.11 bits per heavy atom. The number of nitrogens with zero attached hydrogens (tertiary/aromatic N) is 3. The lowest BCUT2D eigenvalue weighted by Crippen LogP contribution is -2.15. The summed E-state index contributed by atoms with van der Waals surface area (Å²) in [5.74, 6) is -0.00552. The standard InChI is InChI=1S/C12H11ClN4O2/c1-7-3-8(6-14-5-7)11(18)17-12-15-9(13)4-10(16-12)19-2/h3-6H,1-2H3,(H,15,16,17,18). The molecule has 0 unspecified atom stereocenters. The van der Waals surface area contributed by atoms with Crippen molar-refractivity contribution in [3.63, 3.8) is 0 Å². The molecule has 0 fully saturated rings. The maximum Gasteiger partial charge on any atom is 0.259 e. The molecule has 7 heteroatoms. The third kappa shape index (κ3) is 3.38. The van der Waals surface area contributed by atoms with Gasteiger partial charge in [-0.05, 0) is 18.6 Å². The number of hydrogen-bond acceptors (Lipinski definition) is 5. The van der Waals surface area contributed by atoms with Crippen molar-refractivity contribution >= 4 is 23.5 Å². The van der Waals surface area contributed by atoms with Crippen LogP contribution in [0.3, 0.4) is 0 Å². The van der Waals surface area contributed by atoms with E-state index >= 15 is 0 Å². The minimum Gasteiger partial charge on any atom is -0.481 e. The maximum absolute atomic E-state index is 12.0. The summed E-state index contributed by atoms with van der Waals surface area (Å²) < 4.78 is 4.94. The van der Waals surface area contributed by atoms with E-state index in [2.05, 4.69) is 20.3 Å². The van der Waals surface area contributed by atoms with Crippen LogP contribution in [0.4, 0.5) is 5.95 Å². The molecule has 0 spiro atoms. The first-order valence-corrected chi connectivity index (χ1v) is 5.78. The van der Waals surface area contributed by atoms with Gasteiger partial charge in [0, 0.05) is 18.5 Å². The molecule has 2 rings (SSSR count). The molecule has 19 heavy (non-hydrogen) atoms. The summed E-state index contributed by atoms with van der Waals surface area (Å²) in [4.78, 5) is 23.8. The van der Waals surface area contributed by atoms with Gasteiger partial charge in [0.1, 0.15) is 5.15 Å². The smallest absolute Gasteiger partial charge is 0.259 e. The molecule has 0 aliphatic carbocycles. The number of rotatable bonds is 3. The van der Waals surface area contributed by atoms with E-state index in [1.807, 2.05) is 6.92 Å². The molecule has 2 aromatic heterocycles. The van der Waals surface area contributed by atoms with Crippen LogP contribution in [-0.4, -0.2) is 28.0 Å². The number of aryl methyl sites for hydroxylation is 1. The van der Waals surface area contributed by atoms with Gasteiger partial charge in [0.2, 0.25) is 11.8 Å². The molecule has 0 aliphatic rings. The van der Waals surface area contributed by atoms with E-state index in [9.17, 15) is 4.79 Å². The second kappa shape index (κ2) is 5.62. The van der Waals surface area contributed by atoms with Gasteiger partial charge in [-0.15, -0.1) is 0 Å². The normalized spacial score (nSPS) is 10.1. The summed E-state index contributed by atoms with van der Waals surface area (Å²) >= 11 is 5.79. The van der Waals surface area contributed by atoms with Gasteiger partial charge in [-0.25, -0.2) is 4.98 Å². The van der Waals surface area contributed by atoms with Gasteiger partial charge in [0.15, 0.2) is 0 Å². The number of anilines is 1. The Balaban J connectivity index is 2.21. The van der Waals surface area contributed by atoms with E-state index in [1.165, 1.54) is 19.4 Å². The van der Waals surface area contributed by atoms with Crippen molar-refractivity contribution < 1.29 is 9.53 Å². The number of aromatic nitrogens is 3. The lowest BCUT2D eigenvalue weighted by atomic mass is 10.2. The number of carbonyl (C=O) groups excluding carboxylic acids is 1. The SMILES string of the molecule is COc1cc(Cl)nc(NC(=O)c2cncc(C)c2)n1. The monoisotopic (exact) mass is 278 g/mol. The molecule has 0 aliphatic heterocycles. The first kappa shape index (κ1) is 13.2. The highest BCUT2D eigenvalue weighted by Crippen LogP contribution is 2.16. The molecule has 0 aromatic carbocycles. The summed E-state index contributed by atoms with van der Waals surface area (Å²) in [5.41, 5.74) is 1.31. The predicted octanol–water partition coefficient (Wildman–Crippen LogP) is 2.09. The van der Waals surface area contributed by atoms with Crippen LogP contribution in [0.25, 0.3) is 0 Å². The van der Waals surface area contributed by atoms with Gasteiger partial charge in [-0.1, -0.05) is 11.6 Å². The van der Waals surface area contributed by atoms with Crippen molar-refractivity contribution in [1.82, 2.24) is 15.0 Å². The Hall–Kier alpha value is -2.21. The van der Waals surface area contributed by atoms with Crippen molar-refractivity contribution in [3.05, 3.63) is 40.8 Å². The molecule has 2 aromatic rings. The number of nitrogens with one attached hydrogen (secondary N) is 1. The van der Waals surface area contributed by atoms with Gasteiger partial charge in [0.25, 0.3) is 5.91 Å². The lowest BCUT2D eigenvalue weighted by Gasteiger charge is -2.06. The first-order chi connectivity index (χ1) is 9.08. The molecule has 0 saturated carbocycles. The fourth-order valence-electron chi connectivity index (χ4n) is 1.41. The summed E-state index contributed by atoms with van der Waals surface area (Å²) in [5, 5.41) is 2.72. The first-order valence-electron chi connectivity index (χ1n) is 5.40. The van der Waals surface area contributed by atoms with Crippen LogP contribution in [0.2, 0.25) is 5.15 Å². The largest absolute Gasteiger partial charge is 0.481 e. The van der Waals surface area contributed by atoms with Gasteiger partial charge in [0.05, 0.1) is 12.7 Å². The average Bonchev–Trinajstić information content (AvgIpc) is 2.38. The molecule has 98 valence electrons. The molecule has 0 saturated heterocycles. The lowest BCUT2D eigenvalue weighted by molar-refractivity contribution is 0.102. The Labute approximate surface area is 114 Å². The number of pyridine rings is 1. The molecule has 0 atom stereocenters. The van der Waals surface area contributed by atoms with E-state index in [4.69, 9.17) is 16.3 Å². The van der Waals surface area contributed by atoms with E-state index in [-0.39, 0.29) is 22.9 Å². The van der Waals surface area contributed by atoms with Gasteiger partial charge < -0.3 is 4.74 Å². The third-order valence-corrected chi connectivity index (χ3v) is 2.44. The second-order valence-electron chi connectivity index (χ2n) is 3.76. The van der Waals surface area contributed by atoms with E-state index in [0.29, 0.717) is 5.56 Å². The topological polar surface area (TPSA) is 77.0 Å². The fraction of sp³-hybridized carbons (Fsp3) is 0.167. The van der Waals surface area contributed by atoms with Crippen molar-refractivity contribution in [3.8, 4) is 5.88 Å². The number of hydrogen-bond donors (Lipinski definition) is 1. The van der Waals surface area contributed by atoms with Crippen LogP contribution >= 0.6 is 11.6 Å². The van der Waals surface area contributed by atoms with E-state index in [1.54, 1.807) is 12.3 Å². The molecule has 1 amide bonds. The molecule has 0 radical (unpaired) electrons. The Kier molecular flexibility index (Phi) is 3.91. The highest BCUT2D eigenvalue weighted by molar-refractivity contribution is 6.29. The van der Waals surface area contributed by atoms with Crippen LogP contribution < -0.4 is 10.1 Å². The highest BCUT2D eigenvalue weighted by atomic mass is 35.5. The van der Waals surface area contributed by atoms with Crippen molar-refractivity contribution in [2.75, 3.05) is 12.4 Å². The molecule has 6 nitrogen and oxygen atoms in total. The zero-order chi connectivity index (χ0) is 13.8. The third-order valence-electron chi connectivity index (χ3n) is 2.24. The number of methoxy groups -OCH3 is 1. The molecule has 1 N–H and O–H groups in total. The highest BCUT2D eigenvalue weighted by Gasteiger charge is 2.10. The van der Waals surface area contributed by atoms with Gasteiger partial charge in [-0.2, -0.15) is 4.98 Å². The summed E-state index contributed by atoms with van der Waals surface area (Å²) in [6.07, 6.45) is 3.12. The number of halogens is 1. The number of amides is 1. The second-order valence-corrected chi connectivity index (χ2v) is 4.15. The van der Waals surface area contributed by atoms with Crippen LogP contribution in [0.1, 0.15) is 15.9 Å². The van der Waals surface area contributed by atoms with Crippen molar-refractivity contribution in [1.29, 1.82) is 0 Å². The molecular formula is C12H11ClN4O2. The van der Waals surface area contributed by atoms with Crippen LogP contribution in [-0.2, 0) is 0 Å². The van der Waals surface area contributed by atoms with E-state index in [0.717, 1.165) is 5.56 Å². The van der Waals surface area contributed by atoms with E-state index < -0.39 is 0 Å². The maximum atomic E-state index is 12.0. The average molecular weight is 279 g/mol. The fourth-order valence-corrected chi connectivity index (χ4v) is 1.58.